The third-order valence-electron chi connectivity index (χ3n) is 2.88. The van der Waals surface area contributed by atoms with Gasteiger partial charge < -0.3 is 5.32 Å². The van der Waals surface area contributed by atoms with Crippen molar-refractivity contribution in [2.45, 2.75) is 31.9 Å². The molecule has 1 rings (SSSR count). The Morgan fingerprint density at radius 2 is 1.85 bits per heavy atom. The molecule has 0 saturated heterocycles. The third kappa shape index (κ3) is 6.39. The first kappa shape index (κ1) is 17.7. The number of alkyl halides is 3. The smallest absolute Gasteiger partial charge is 0.385 e. The van der Waals surface area contributed by atoms with E-state index >= 15 is 0 Å². The van der Waals surface area contributed by atoms with E-state index in [4.69, 9.17) is 0 Å². The zero-order valence-electron chi connectivity index (χ0n) is 11.4. The lowest BCUT2D eigenvalue weighted by Crippen LogP contribution is -2.11. The molecule has 1 aromatic carbocycles. The summed E-state index contributed by atoms with van der Waals surface area (Å²) < 4.78 is 39.1. The van der Waals surface area contributed by atoms with Crippen LogP contribution < -0.4 is 5.32 Å². The number of anilines is 1. The molecule has 0 atom stereocenters. The first-order valence-electron chi connectivity index (χ1n) is 6.54. The topological polar surface area (TPSA) is 12.0 Å². The van der Waals surface area contributed by atoms with Crippen LogP contribution in [-0.4, -0.2) is 18.6 Å². The molecule has 0 bridgehead atoms. The number of hydrogen-bond donors (Lipinski definition) is 1. The quantitative estimate of drug-likeness (QED) is 0.580. The van der Waals surface area contributed by atoms with Crippen molar-refractivity contribution >= 4 is 33.4 Å². The van der Waals surface area contributed by atoms with Gasteiger partial charge in [-0.15, -0.1) is 0 Å². The number of rotatable bonds is 8. The van der Waals surface area contributed by atoms with Gasteiger partial charge >= 0.3 is 6.18 Å². The molecular weight excluding hydrogens is 351 g/mol. The molecule has 0 radical (unpaired) electrons. The minimum absolute atomic E-state index is 0.157. The summed E-state index contributed by atoms with van der Waals surface area (Å²) in [5.41, 5.74) is -0.459. The summed E-state index contributed by atoms with van der Waals surface area (Å²) in [5, 5.41) is 2.89. The molecule has 0 aromatic heterocycles. The van der Waals surface area contributed by atoms with Gasteiger partial charge in [0.05, 0.1) is 5.56 Å². The standard InChI is InChI=1S/C14H19BrF3NS/c1-20-9-5-3-2-4-8-19-13-7-6-11(15)10-12(13)14(16,17)18/h6-7,10,19H,2-5,8-9H2,1H3. The van der Waals surface area contributed by atoms with Gasteiger partial charge in [-0.1, -0.05) is 28.8 Å². The van der Waals surface area contributed by atoms with E-state index in [1.807, 2.05) is 11.8 Å². The summed E-state index contributed by atoms with van der Waals surface area (Å²) in [7, 11) is 0. The number of benzene rings is 1. The second-order valence-electron chi connectivity index (χ2n) is 4.52. The van der Waals surface area contributed by atoms with Crippen LogP contribution in [-0.2, 0) is 6.18 Å². The van der Waals surface area contributed by atoms with Crippen LogP contribution in [0.1, 0.15) is 31.2 Å². The van der Waals surface area contributed by atoms with Gasteiger partial charge in [0.25, 0.3) is 0 Å². The Balaban J connectivity index is 2.44. The van der Waals surface area contributed by atoms with Gasteiger partial charge in [0.1, 0.15) is 0 Å². The third-order valence-corrected chi connectivity index (χ3v) is 4.07. The van der Waals surface area contributed by atoms with Crippen molar-refractivity contribution in [2.75, 3.05) is 23.9 Å². The molecule has 1 aromatic rings. The molecular formula is C14H19BrF3NS. The zero-order valence-corrected chi connectivity index (χ0v) is 13.8. The van der Waals surface area contributed by atoms with Gasteiger partial charge in [0.15, 0.2) is 0 Å². The highest BCUT2D eigenvalue weighted by atomic mass is 79.9. The molecule has 20 heavy (non-hydrogen) atoms. The molecule has 0 saturated carbocycles. The lowest BCUT2D eigenvalue weighted by atomic mass is 10.1. The Hall–Kier alpha value is -0.360. The molecule has 1 nitrogen and oxygen atoms in total. The van der Waals surface area contributed by atoms with Crippen LogP contribution in [0.5, 0.6) is 0 Å². The van der Waals surface area contributed by atoms with E-state index in [1.54, 1.807) is 6.07 Å². The average molecular weight is 370 g/mol. The van der Waals surface area contributed by atoms with Gasteiger partial charge in [0.2, 0.25) is 0 Å². The minimum Gasteiger partial charge on any atom is -0.385 e. The fourth-order valence-electron chi connectivity index (χ4n) is 1.85. The molecule has 0 unspecified atom stereocenters. The number of nitrogens with one attached hydrogen (secondary N) is 1. The number of halogens is 4. The number of thioether (sulfide) groups is 1. The van der Waals surface area contributed by atoms with Gasteiger partial charge in [-0.2, -0.15) is 24.9 Å². The molecule has 0 spiro atoms. The molecule has 0 heterocycles. The predicted molar refractivity (Wildman–Crippen MR) is 84.5 cm³/mol. The summed E-state index contributed by atoms with van der Waals surface area (Å²) >= 11 is 4.90. The van der Waals surface area contributed by atoms with Crippen molar-refractivity contribution in [2.24, 2.45) is 0 Å². The molecule has 6 heteroatoms. The highest BCUT2D eigenvalue weighted by molar-refractivity contribution is 9.10. The van der Waals surface area contributed by atoms with E-state index in [9.17, 15) is 13.2 Å². The van der Waals surface area contributed by atoms with Crippen molar-refractivity contribution in [1.29, 1.82) is 0 Å². The predicted octanol–water partition coefficient (Wildman–Crippen LogP) is 5.80. The fourth-order valence-corrected chi connectivity index (χ4v) is 2.71. The molecule has 0 fully saturated rings. The van der Waals surface area contributed by atoms with Crippen LogP contribution in [0.3, 0.4) is 0 Å². The zero-order chi connectivity index (χ0) is 15.0. The van der Waals surface area contributed by atoms with Crippen molar-refractivity contribution in [3.05, 3.63) is 28.2 Å². The molecule has 0 amide bonds. The van der Waals surface area contributed by atoms with Crippen LogP contribution in [0.4, 0.5) is 18.9 Å². The Morgan fingerprint density at radius 3 is 2.50 bits per heavy atom. The van der Waals surface area contributed by atoms with E-state index in [-0.39, 0.29) is 5.69 Å². The summed E-state index contributed by atoms with van der Waals surface area (Å²) in [6.07, 6.45) is 1.99. The number of unbranched alkanes of at least 4 members (excludes halogenated alkanes) is 3. The van der Waals surface area contributed by atoms with E-state index in [0.717, 1.165) is 31.1 Å². The van der Waals surface area contributed by atoms with Gasteiger partial charge in [-0.05, 0) is 43.0 Å². The Bertz CT molecular complexity index is 410. The molecule has 1 N–H and O–H groups in total. The van der Waals surface area contributed by atoms with Gasteiger partial charge in [0, 0.05) is 16.7 Å². The second-order valence-corrected chi connectivity index (χ2v) is 6.42. The van der Waals surface area contributed by atoms with Crippen molar-refractivity contribution in [3.63, 3.8) is 0 Å². The normalized spacial score (nSPS) is 11.7. The van der Waals surface area contributed by atoms with E-state index in [1.165, 1.54) is 12.5 Å². The van der Waals surface area contributed by atoms with Crippen LogP contribution in [0, 0.1) is 0 Å². The SMILES string of the molecule is CSCCCCCCNc1ccc(Br)cc1C(F)(F)F. The van der Waals surface area contributed by atoms with Gasteiger partial charge in [-0.25, -0.2) is 0 Å². The summed E-state index contributed by atoms with van der Waals surface area (Å²) in [5.74, 6) is 1.15. The maximum absolute atomic E-state index is 12.9. The highest BCUT2D eigenvalue weighted by Gasteiger charge is 2.33. The molecule has 0 aliphatic heterocycles. The van der Waals surface area contributed by atoms with Crippen LogP contribution >= 0.6 is 27.7 Å². The first-order chi connectivity index (χ1) is 9.45. The molecule has 0 aliphatic rings. The van der Waals surface area contributed by atoms with Crippen molar-refractivity contribution < 1.29 is 13.2 Å². The van der Waals surface area contributed by atoms with E-state index < -0.39 is 11.7 Å². The maximum Gasteiger partial charge on any atom is 0.418 e. The van der Waals surface area contributed by atoms with Crippen LogP contribution in [0.2, 0.25) is 0 Å². The second kappa shape index (κ2) is 8.82. The Labute approximate surface area is 130 Å². The van der Waals surface area contributed by atoms with E-state index in [0.29, 0.717) is 11.0 Å². The minimum atomic E-state index is -4.33. The van der Waals surface area contributed by atoms with E-state index in [2.05, 4.69) is 27.5 Å². The maximum atomic E-state index is 12.9. The number of hydrogen-bond acceptors (Lipinski definition) is 2. The Morgan fingerprint density at radius 1 is 1.15 bits per heavy atom. The average Bonchev–Trinajstić information content (AvgIpc) is 2.38. The largest absolute Gasteiger partial charge is 0.418 e. The highest BCUT2D eigenvalue weighted by Crippen LogP contribution is 2.36. The fraction of sp³-hybridized carbons (Fsp3) is 0.571. The van der Waals surface area contributed by atoms with Crippen molar-refractivity contribution in [1.82, 2.24) is 0 Å². The molecule has 114 valence electrons. The summed E-state index contributed by atoms with van der Waals surface area (Å²) in [6.45, 7) is 0.573. The summed E-state index contributed by atoms with van der Waals surface area (Å²) in [6, 6.07) is 4.21. The van der Waals surface area contributed by atoms with Crippen LogP contribution in [0.15, 0.2) is 22.7 Å². The van der Waals surface area contributed by atoms with Gasteiger partial charge in [-0.3, -0.25) is 0 Å². The first-order valence-corrected chi connectivity index (χ1v) is 8.73. The Kier molecular flexibility index (Phi) is 7.80. The lowest BCUT2D eigenvalue weighted by molar-refractivity contribution is -0.137. The summed E-state index contributed by atoms with van der Waals surface area (Å²) in [4.78, 5) is 0. The monoisotopic (exact) mass is 369 g/mol. The lowest BCUT2D eigenvalue weighted by Gasteiger charge is -2.15. The van der Waals surface area contributed by atoms with Crippen LogP contribution in [0.25, 0.3) is 0 Å². The molecule has 0 aliphatic carbocycles. The van der Waals surface area contributed by atoms with Crippen molar-refractivity contribution in [3.8, 4) is 0 Å².